The molecule has 0 saturated heterocycles. The second kappa shape index (κ2) is 7.14. The molecule has 0 spiro atoms. The minimum absolute atomic E-state index is 0.613. The lowest BCUT2D eigenvalue weighted by molar-refractivity contribution is 0.526. The van der Waals surface area contributed by atoms with Gasteiger partial charge in [-0.25, -0.2) is 0 Å². The molecule has 2 atom stereocenters. The highest BCUT2D eigenvalue weighted by Gasteiger charge is 2.25. The van der Waals surface area contributed by atoms with E-state index < -0.39 is 0 Å². The van der Waals surface area contributed by atoms with E-state index in [2.05, 4.69) is 49.4 Å². The molecule has 0 aliphatic carbocycles. The number of aromatic nitrogens is 1. The normalized spacial score (nSPS) is 22.1. The van der Waals surface area contributed by atoms with Crippen LogP contribution in [-0.2, 0) is 0 Å². The molecule has 0 amide bonds. The molecule has 104 valence electrons. The van der Waals surface area contributed by atoms with Gasteiger partial charge < -0.3 is 0 Å². The Morgan fingerprint density at radius 1 is 1.11 bits per heavy atom. The van der Waals surface area contributed by atoms with Gasteiger partial charge in [0.15, 0.2) is 0 Å². The van der Waals surface area contributed by atoms with Gasteiger partial charge in [0.05, 0.1) is 0 Å². The zero-order chi connectivity index (χ0) is 13.7. The zero-order valence-corrected chi connectivity index (χ0v) is 13.2. The Balaban J connectivity index is 1.98. The molecule has 0 bridgehead atoms. The largest absolute Gasteiger partial charge is 0.258 e. The molecule has 2 unspecified atom stereocenters. The van der Waals surface area contributed by atoms with E-state index in [1.807, 2.05) is 11.8 Å². The summed E-state index contributed by atoms with van der Waals surface area (Å²) in [5, 5.41) is 2.90. The Bertz CT molecular complexity index is 419. The summed E-state index contributed by atoms with van der Waals surface area (Å²) in [6, 6.07) is 4.52. The lowest BCUT2D eigenvalue weighted by Crippen LogP contribution is -2.05. The maximum Gasteiger partial charge on any atom is 0.0402 e. The molecule has 1 nitrogen and oxygen atoms in total. The Morgan fingerprint density at radius 2 is 1.84 bits per heavy atom. The van der Waals surface area contributed by atoms with Gasteiger partial charge in [-0.1, -0.05) is 38.7 Å². The first-order valence-electron chi connectivity index (χ1n) is 7.48. The number of pyridine rings is 1. The van der Waals surface area contributed by atoms with Crippen molar-refractivity contribution in [3.8, 4) is 0 Å². The molecular weight excluding hydrogens is 250 g/mol. The van der Waals surface area contributed by atoms with Crippen molar-refractivity contribution >= 4 is 11.8 Å². The van der Waals surface area contributed by atoms with Crippen molar-refractivity contribution < 1.29 is 0 Å². The number of hydrogen-bond acceptors (Lipinski definition) is 2. The van der Waals surface area contributed by atoms with Crippen LogP contribution in [0.5, 0.6) is 0 Å². The van der Waals surface area contributed by atoms with Crippen LogP contribution in [0.1, 0.15) is 61.2 Å². The zero-order valence-electron chi connectivity index (χ0n) is 12.4. The van der Waals surface area contributed by atoms with Gasteiger partial charge in [-0.2, -0.15) is 0 Å². The fourth-order valence-electron chi connectivity index (χ4n) is 2.84. The molecule has 2 heterocycles. The monoisotopic (exact) mass is 275 g/mol. The van der Waals surface area contributed by atoms with Gasteiger partial charge in [0.2, 0.25) is 0 Å². The van der Waals surface area contributed by atoms with E-state index in [4.69, 9.17) is 0 Å². The van der Waals surface area contributed by atoms with Crippen LogP contribution < -0.4 is 0 Å². The molecule has 0 saturated carbocycles. The molecule has 1 aliphatic heterocycles. The van der Waals surface area contributed by atoms with Crippen molar-refractivity contribution in [1.29, 1.82) is 0 Å². The van der Waals surface area contributed by atoms with Crippen molar-refractivity contribution in [2.24, 2.45) is 5.92 Å². The lowest BCUT2D eigenvalue weighted by atomic mass is 9.93. The fraction of sp³-hybridized carbons (Fsp3) is 0.588. The van der Waals surface area contributed by atoms with Crippen molar-refractivity contribution in [1.82, 2.24) is 4.98 Å². The van der Waals surface area contributed by atoms with Crippen LogP contribution in [0, 0.1) is 19.8 Å². The summed E-state index contributed by atoms with van der Waals surface area (Å²) in [6.45, 7) is 6.47. The van der Waals surface area contributed by atoms with Gasteiger partial charge in [-0.15, -0.1) is 11.8 Å². The van der Waals surface area contributed by atoms with Crippen LogP contribution in [-0.4, -0.2) is 4.98 Å². The molecular formula is C17H25NS. The average Bonchev–Trinajstić information content (AvgIpc) is 2.82. The first kappa shape index (κ1) is 14.6. The molecule has 2 heteroatoms. The molecule has 0 radical (unpaired) electrons. The quantitative estimate of drug-likeness (QED) is 0.628. The number of allylic oxidation sites excluding steroid dienone is 1. The van der Waals surface area contributed by atoms with Crippen LogP contribution >= 0.6 is 11.8 Å². The van der Waals surface area contributed by atoms with E-state index in [1.165, 1.54) is 37.7 Å². The highest BCUT2D eigenvalue weighted by molar-refractivity contribution is 8.02. The van der Waals surface area contributed by atoms with Gasteiger partial charge >= 0.3 is 0 Å². The van der Waals surface area contributed by atoms with Gasteiger partial charge in [0.25, 0.3) is 0 Å². The Hall–Kier alpha value is -0.760. The van der Waals surface area contributed by atoms with E-state index in [1.54, 1.807) is 0 Å². The van der Waals surface area contributed by atoms with Crippen molar-refractivity contribution in [3.63, 3.8) is 0 Å². The standard InChI is InChI=1S/C17H25NS/c1-4-5-6-7-8-15-9-10-19-17(15)16-11-13(2)18-14(3)12-16/h9-12,15,17H,4-8H2,1-3H3. The third-order valence-electron chi connectivity index (χ3n) is 3.76. The smallest absolute Gasteiger partial charge is 0.0402 e. The topological polar surface area (TPSA) is 12.9 Å². The summed E-state index contributed by atoms with van der Waals surface area (Å²) >= 11 is 1.98. The molecule has 0 aromatic carbocycles. The van der Waals surface area contributed by atoms with Crippen LogP contribution in [0.3, 0.4) is 0 Å². The second-order valence-electron chi connectivity index (χ2n) is 5.58. The van der Waals surface area contributed by atoms with E-state index in [9.17, 15) is 0 Å². The second-order valence-corrected chi connectivity index (χ2v) is 6.63. The third-order valence-corrected chi connectivity index (χ3v) is 4.99. The van der Waals surface area contributed by atoms with Gasteiger partial charge in [-0.05, 0) is 49.3 Å². The number of aryl methyl sites for hydroxylation is 2. The summed E-state index contributed by atoms with van der Waals surface area (Å²) in [6.07, 6.45) is 9.18. The minimum atomic E-state index is 0.613. The maximum absolute atomic E-state index is 4.49. The molecule has 0 N–H and O–H groups in total. The summed E-state index contributed by atoms with van der Waals surface area (Å²) in [5.74, 6) is 0.711. The summed E-state index contributed by atoms with van der Waals surface area (Å²) in [4.78, 5) is 4.49. The van der Waals surface area contributed by atoms with Crippen LogP contribution in [0.4, 0.5) is 0 Å². The fourth-order valence-corrected chi connectivity index (χ4v) is 4.03. The van der Waals surface area contributed by atoms with Gasteiger partial charge in [0.1, 0.15) is 0 Å². The Labute approximate surface area is 121 Å². The predicted molar refractivity (Wildman–Crippen MR) is 85.4 cm³/mol. The maximum atomic E-state index is 4.49. The third kappa shape index (κ3) is 4.10. The number of hydrogen-bond donors (Lipinski definition) is 0. The van der Waals surface area contributed by atoms with E-state index in [0.29, 0.717) is 11.2 Å². The minimum Gasteiger partial charge on any atom is -0.258 e. The Kier molecular flexibility index (Phi) is 5.50. The van der Waals surface area contributed by atoms with Crippen molar-refractivity contribution in [2.75, 3.05) is 0 Å². The van der Waals surface area contributed by atoms with Crippen LogP contribution in [0.25, 0.3) is 0 Å². The summed E-state index contributed by atoms with van der Waals surface area (Å²) in [5.41, 5.74) is 3.75. The highest BCUT2D eigenvalue weighted by Crippen LogP contribution is 2.45. The molecule has 1 aromatic rings. The van der Waals surface area contributed by atoms with Gasteiger partial charge in [-0.3, -0.25) is 4.98 Å². The Morgan fingerprint density at radius 3 is 2.53 bits per heavy atom. The van der Waals surface area contributed by atoms with E-state index >= 15 is 0 Å². The van der Waals surface area contributed by atoms with Crippen molar-refractivity contribution in [2.45, 2.75) is 58.1 Å². The molecule has 1 aliphatic rings. The molecule has 1 aromatic heterocycles. The van der Waals surface area contributed by atoms with Gasteiger partial charge in [0, 0.05) is 16.6 Å². The SMILES string of the molecule is CCCCCCC1C=CSC1c1cc(C)nc(C)c1. The lowest BCUT2D eigenvalue weighted by Gasteiger charge is -2.19. The summed E-state index contributed by atoms with van der Waals surface area (Å²) < 4.78 is 0. The first-order valence-corrected chi connectivity index (χ1v) is 8.42. The van der Waals surface area contributed by atoms with E-state index in [-0.39, 0.29) is 0 Å². The molecule has 0 fully saturated rings. The number of rotatable bonds is 6. The number of nitrogens with zero attached hydrogens (tertiary/aromatic N) is 1. The molecule has 19 heavy (non-hydrogen) atoms. The number of unbranched alkanes of at least 4 members (excludes halogenated alkanes) is 3. The van der Waals surface area contributed by atoms with E-state index in [0.717, 1.165) is 11.4 Å². The highest BCUT2D eigenvalue weighted by atomic mass is 32.2. The van der Waals surface area contributed by atoms with Crippen LogP contribution in [0.2, 0.25) is 0 Å². The molecule has 2 rings (SSSR count). The number of thioether (sulfide) groups is 1. The average molecular weight is 275 g/mol. The predicted octanol–water partition coefficient (Wildman–Crippen LogP) is 5.59. The van der Waals surface area contributed by atoms with Crippen molar-refractivity contribution in [3.05, 3.63) is 40.6 Å². The van der Waals surface area contributed by atoms with Crippen LogP contribution in [0.15, 0.2) is 23.6 Å². The summed E-state index contributed by atoms with van der Waals surface area (Å²) in [7, 11) is 0. The first-order chi connectivity index (χ1) is 9.20.